The van der Waals surface area contributed by atoms with Gasteiger partial charge in [-0.2, -0.15) is 0 Å². The van der Waals surface area contributed by atoms with Gasteiger partial charge in [0.1, 0.15) is 0 Å². The van der Waals surface area contributed by atoms with Gasteiger partial charge < -0.3 is 14.6 Å². The zero-order valence-corrected chi connectivity index (χ0v) is 8.65. The molecule has 0 radical (unpaired) electrons. The van der Waals surface area contributed by atoms with Crippen LogP contribution < -0.4 is 0 Å². The van der Waals surface area contributed by atoms with E-state index in [9.17, 15) is 5.11 Å². The molecule has 1 saturated carbocycles. The van der Waals surface area contributed by atoms with E-state index in [1.807, 2.05) is 0 Å². The van der Waals surface area contributed by atoms with E-state index < -0.39 is 0 Å². The Hall–Kier alpha value is -0.120. The van der Waals surface area contributed by atoms with Crippen molar-refractivity contribution in [3.8, 4) is 0 Å². The number of aliphatic hydroxyl groups is 1. The van der Waals surface area contributed by atoms with Crippen LogP contribution >= 0.6 is 0 Å². The lowest BCUT2D eigenvalue weighted by Gasteiger charge is -2.32. The molecule has 1 aliphatic heterocycles. The Morgan fingerprint density at radius 2 is 1.79 bits per heavy atom. The van der Waals surface area contributed by atoms with Gasteiger partial charge in [0.25, 0.3) is 0 Å². The normalized spacial score (nSPS) is 39.6. The molecule has 1 saturated heterocycles. The van der Waals surface area contributed by atoms with Crippen molar-refractivity contribution in [3.63, 3.8) is 0 Å². The second-order valence-corrected chi connectivity index (χ2v) is 4.32. The second-order valence-electron chi connectivity index (χ2n) is 4.32. The maximum absolute atomic E-state index is 9.72. The smallest absolute Gasteiger partial charge is 0.158 e. The highest BCUT2D eigenvalue weighted by Gasteiger charge is 2.27. The monoisotopic (exact) mass is 200 g/mol. The van der Waals surface area contributed by atoms with Gasteiger partial charge in [-0.25, -0.2) is 0 Å². The lowest BCUT2D eigenvalue weighted by atomic mass is 9.95. The van der Waals surface area contributed by atoms with Gasteiger partial charge in [-0.1, -0.05) is 12.8 Å². The minimum atomic E-state index is -0.269. The van der Waals surface area contributed by atoms with E-state index in [1.54, 1.807) is 0 Å². The van der Waals surface area contributed by atoms with Crippen LogP contribution in [0.3, 0.4) is 0 Å². The average molecular weight is 200 g/mol. The molecule has 2 aliphatic rings. The quantitative estimate of drug-likeness (QED) is 0.739. The molecule has 2 rings (SSSR count). The Kier molecular flexibility index (Phi) is 3.79. The molecular weight excluding hydrogens is 180 g/mol. The fourth-order valence-electron chi connectivity index (χ4n) is 2.25. The molecular formula is C11H20O3. The van der Waals surface area contributed by atoms with Crippen LogP contribution in [-0.4, -0.2) is 30.2 Å². The van der Waals surface area contributed by atoms with Crippen molar-refractivity contribution in [1.29, 1.82) is 0 Å². The van der Waals surface area contributed by atoms with E-state index in [2.05, 4.69) is 0 Å². The molecule has 0 aromatic carbocycles. The van der Waals surface area contributed by atoms with E-state index in [4.69, 9.17) is 9.47 Å². The summed E-state index contributed by atoms with van der Waals surface area (Å²) in [5.41, 5.74) is 0. The molecule has 0 aromatic rings. The first-order valence-electron chi connectivity index (χ1n) is 5.81. The molecule has 0 bridgehead atoms. The first-order valence-corrected chi connectivity index (χ1v) is 5.81. The van der Waals surface area contributed by atoms with Crippen LogP contribution in [0.5, 0.6) is 0 Å². The third-order valence-corrected chi connectivity index (χ3v) is 3.13. The van der Waals surface area contributed by atoms with Crippen LogP contribution in [0.4, 0.5) is 0 Å². The summed E-state index contributed by atoms with van der Waals surface area (Å²) in [6, 6.07) is 0. The molecule has 0 aromatic heterocycles. The van der Waals surface area contributed by atoms with Crippen LogP contribution in [-0.2, 0) is 9.47 Å². The minimum Gasteiger partial charge on any atom is -0.390 e. The molecule has 0 amide bonds. The van der Waals surface area contributed by atoms with Crippen molar-refractivity contribution in [1.82, 2.24) is 0 Å². The molecule has 1 heterocycles. The predicted molar refractivity (Wildman–Crippen MR) is 52.9 cm³/mol. The van der Waals surface area contributed by atoms with Gasteiger partial charge in [0.2, 0.25) is 0 Å². The van der Waals surface area contributed by atoms with E-state index in [0.717, 1.165) is 38.7 Å². The van der Waals surface area contributed by atoms with E-state index in [1.165, 1.54) is 12.8 Å². The summed E-state index contributed by atoms with van der Waals surface area (Å²) in [7, 11) is 0. The van der Waals surface area contributed by atoms with Crippen molar-refractivity contribution in [2.75, 3.05) is 6.61 Å². The number of hydrogen-bond acceptors (Lipinski definition) is 3. The zero-order valence-electron chi connectivity index (χ0n) is 8.65. The predicted octanol–water partition coefficient (Wildman–Crippen LogP) is 1.83. The van der Waals surface area contributed by atoms with E-state index >= 15 is 0 Å². The van der Waals surface area contributed by atoms with Gasteiger partial charge in [-0.3, -0.25) is 0 Å². The number of aliphatic hydroxyl groups excluding tert-OH is 1. The Bertz CT molecular complexity index is 166. The van der Waals surface area contributed by atoms with Gasteiger partial charge in [0, 0.05) is 6.61 Å². The van der Waals surface area contributed by atoms with E-state index in [-0.39, 0.29) is 18.5 Å². The van der Waals surface area contributed by atoms with Crippen LogP contribution in [0.1, 0.15) is 44.9 Å². The first kappa shape index (κ1) is 10.4. The molecule has 2 fully saturated rings. The SMILES string of the molecule is O[C@@H]1CCCC[C@H]1OC1CCCCO1. The van der Waals surface area contributed by atoms with Gasteiger partial charge in [-0.15, -0.1) is 0 Å². The van der Waals surface area contributed by atoms with Gasteiger partial charge in [-0.05, 0) is 32.1 Å². The zero-order chi connectivity index (χ0) is 9.80. The molecule has 14 heavy (non-hydrogen) atoms. The number of hydrogen-bond donors (Lipinski definition) is 1. The Balaban J connectivity index is 1.76. The lowest BCUT2D eigenvalue weighted by molar-refractivity contribution is -0.212. The third kappa shape index (κ3) is 2.69. The van der Waals surface area contributed by atoms with Crippen molar-refractivity contribution in [3.05, 3.63) is 0 Å². The number of ether oxygens (including phenoxy) is 2. The third-order valence-electron chi connectivity index (χ3n) is 3.13. The molecule has 1 N–H and O–H groups in total. The number of rotatable bonds is 2. The fraction of sp³-hybridized carbons (Fsp3) is 1.00. The molecule has 3 atom stereocenters. The highest BCUT2D eigenvalue weighted by Crippen LogP contribution is 2.24. The summed E-state index contributed by atoms with van der Waals surface area (Å²) in [5.74, 6) is 0. The Labute approximate surface area is 85.4 Å². The summed E-state index contributed by atoms with van der Waals surface area (Å²) in [5, 5.41) is 9.72. The summed E-state index contributed by atoms with van der Waals surface area (Å²) >= 11 is 0. The Morgan fingerprint density at radius 3 is 2.50 bits per heavy atom. The summed E-state index contributed by atoms with van der Waals surface area (Å²) < 4.78 is 11.3. The highest BCUT2D eigenvalue weighted by atomic mass is 16.7. The molecule has 3 heteroatoms. The molecule has 1 unspecified atom stereocenters. The van der Waals surface area contributed by atoms with Gasteiger partial charge in [0.15, 0.2) is 6.29 Å². The van der Waals surface area contributed by atoms with Gasteiger partial charge in [0.05, 0.1) is 12.2 Å². The molecule has 1 aliphatic carbocycles. The van der Waals surface area contributed by atoms with Crippen LogP contribution in [0.2, 0.25) is 0 Å². The maximum Gasteiger partial charge on any atom is 0.158 e. The van der Waals surface area contributed by atoms with Crippen molar-refractivity contribution >= 4 is 0 Å². The molecule has 0 spiro atoms. The van der Waals surface area contributed by atoms with E-state index in [0.29, 0.717) is 0 Å². The van der Waals surface area contributed by atoms with Crippen LogP contribution in [0.15, 0.2) is 0 Å². The van der Waals surface area contributed by atoms with Crippen molar-refractivity contribution in [2.45, 2.75) is 63.4 Å². The Morgan fingerprint density at radius 1 is 1.00 bits per heavy atom. The maximum atomic E-state index is 9.72. The minimum absolute atomic E-state index is 0.0202. The molecule has 82 valence electrons. The topological polar surface area (TPSA) is 38.7 Å². The molecule has 3 nitrogen and oxygen atoms in total. The average Bonchev–Trinajstić information content (AvgIpc) is 2.23. The first-order chi connectivity index (χ1) is 6.86. The van der Waals surface area contributed by atoms with Crippen LogP contribution in [0, 0.1) is 0 Å². The standard InChI is InChI=1S/C11H20O3/c12-9-5-1-2-6-10(9)14-11-7-3-4-8-13-11/h9-12H,1-8H2/t9-,10-,11?/m1/s1. The summed E-state index contributed by atoms with van der Waals surface area (Å²) in [6.45, 7) is 0.813. The second kappa shape index (κ2) is 5.10. The van der Waals surface area contributed by atoms with Crippen LogP contribution in [0.25, 0.3) is 0 Å². The highest BCUT2D eigenvalue weighted by molar-refractivity contribution is 4.75. The fourth-order valence-corrected chi connectivity index (χ4v) is 2.25. The van der Waals surface area contributed by atoms with Crippen molar-refractivity contribution < 1.29 is 14.6 Å². The summed E-state index contributed by atoms with van der Waals surface area (Å²) in [4.78, 5) is 0. The largest absolute Gasteiger partial charge is 0.390 e. The van der Waals surface area contributed by atoms with Crippen molar-refractivity contribution in [2.24, 2.45) is 0 Å². The van der Waals surface area contributed by atoms with Gasteiger partial charge >= 0.3 is 0 Å². The lowest BCUT2D eigenvalue weighted by Crippen LogP contribution is -2.37. The summed E-state index contributed by atoms with van der Waals surface area (Å²) in [6.07, 6.45) is 7.20.